The summed E-state index contributed by atoms with van der Waals surface area (Å²) in [7, 11) is 6.31. The van der Waals surface area contributed by atoms with Crippen LogP contribution in [0.3, 0.4) is 0 Å². The Hall–Kier alpha value is -8.42. The molecule has 4 aromatic rings. The Morgan fingerprint density at radius 2 is 1.29 bits per heavy atom. The smallest absolute Gasteiger partial charge is 0.410 e. The molecule has 5 N–H and O–H groups in total. The first kappa shape index (κ1) is 91.5. The number of amides is 9. The average Bonchev–Trinajstić information content (AvgIpc) is 1.66. The number of aromatic nitrogens is 1. The van der Waals surface area contributed by atoms with E-state index in [2.05, 4.69) is 33.1 Å². The third kappa shape index (κ3) is 28.0. The molecule has 1 fully saturated rings. The van der Waals surface area contributed by atoms with E-state index in [1.54, 1.807) is 87.6 Å². The number of thiazole rings is 1. The molecule has 0 bridgehead atoms. The summed E-state index contributed by atoms with van der Waals surface area (Å²) in [5.41, 5.74) is 7.93. The first-order valence-electron chi connectivity index (χ1n) is 38.8. The van der Waals surface area contributed by atoms with Crippen LogP contribution in [0.25, 0.3) is 0 Å². The molecular formula is C82H119N9O19S. The van der Waals surface area contributed by atoms with Gasteiger partial charge in [0.15, 0.2) is 11.6 Å². The van der Waals surface area contributed by atoms with Gasteiger partial charge in [-0.2, -0.15) is 0 Å². The van der Waals surface area contributed by atoms with Gasteiger partial charge in [0.25, 0.3) is 11.8 Å². The molecule has 1 aromatic heterocycles. The van der Waals surface area contributed by atoms with Crippen LogP contribution in [-0.4, -0.2) is 227 Å². The van der Waals surface area contributed by atoms with Gasteiger partial charge in [0.2, 0.25) is 23.6 Å². The van der Waals surface area contributed by atoms with Crippen molar-refractivity contribution in [2.45, 2.75) is 182 Å². The number of urea groups is 1. The van der Waals surface area contributed by atoms with Crippen molar-refractivity contribution < 1.29 is 90.7 Å². The summed E-state index contributed by atoms with van der Waals surface area (Å²) >= 11 is 1.53. The summed E-state index contributed by atoms with van der Waals surface area (Å²) < 4.78 is 40.2. The molecule has 111 heavy (non-hydrogen) atoms. The third-order valence-corrected chi connectivity index (χ3v) is 21.6. The Labute approximate surface area is 657 Å². The van der Waals surface area contributed by atoms with Crippen molar-refractivity contribution in [1.29, 1.82) is 0 Å². The highest BCUT2D eigenvalue weighted by atomic mass is 32.1. The summed E-state index contributed by atoms with van der Waals surface area (Å²) in [6.07, 6.45) is 2.65. The number of carbonyl (C=O) groups excluding carboxylic acids is 11. The second kappa shape index (κ2) is 47.2. The van der Waals surface area contributed by atoms with Gasteiger partial charge >= 0.3 is 12.1 Å². The van der Waals surface area contributed by atoms with E-state index in [1.807, 2.05) is 76.9 Å². The van der Waals surface area contributed by atoms with Crippen molar-refractivity contribution in [3.05, 3.63) is 118 Å². The van der Waals surface area contributed by atoms with Crippen LogP contribution in [-0.2, 0) is 84.6 Å². The molecule has 3 heterocycles. The highest BCUT2D eigenvalue weighted by molar-refractivity contribution is 7.09. The molecule has 1 saturated heterocycles. The Morgan fingerprint density at radius 1 is 0.676 bits per heavy atom. The number of Topliss-reactive ketones (excluding diaryl/α,β-unsaturated/α-hetero) is 3. The normalized spacial score (nSPS) is 16.3. The fraction of sp³-hybridized carbons (Fsp3) is 0.610. The molecule has 0 spiro atoms. The number of carbonyl (C=O) groups is 11. The highest BCUT2D eigenvalue weighted by Gasteiger charge is 2.45. The van der Waals surface area contributed by atoms with Crippen LogP contribution in [0, 0.1) is 41.4 Å². The maximum Gasteiger partial charge on any atom is 0.410 e. The predicted molar refractivity (Wildman–Crippen MR) is 418 cm³/mol. The first-order chi connectivity index (χ1) is 53.1. The molecule has 11 atom stereocenters. The SMILES string of the molecule is CC[C@H](C)[C@@H]([C@@H](CC(=O)N1CCC[C@H]1C(OC)[C@@H](C)C(=O)C[C@@H](Cc1ccccc1)c1nccs1)OC)N(C)C(=O)[C@@H](CC(=O)[C@H](C(C)C)N(C)C(=O)OCc1ccc(NC(=O)[C@H](CCCNC(N)=O)CC(=O)[C@@H](NC(=O)CCOCCOCCOCCOCCON2C(=O)c3ccccc3C2=O)C(C)C)cc1)C(C)C. The first-order valence-corrected chi connectivity index (χ1v) is 39.7. The average molecular weight is 1570 g/mol. The molecule has 2 aliphatic heterocycles. The number of imide groups is 1. The second-order valence-corrected chi connectivity index (χ2v) is 30.6. The topological polar surface area (TPSA) is 350 Å². The number of hydrogen-bond acceptors (Lipinski definition) is 21. The number of fused-ring (bicyclic) bond motifs is 1. The predicted octanol–water partition coefficient (Wildman–Crippen LogP) is 9.66. The van der Waals surface area contributed by atoms with E-state index < -0.39 is 83.8 Å². The molecule has 3 aromatic carbocycles. The second-order valence-electron chi connectivity index (χ2n) is 29.7. The maximum atomic E-state index is 15.0. The van der Waals surface area contributed by atoms with E-state index in [4.69, 9.17) is 43.7 Å². The lowest BCUT2D eigenvalue weighted by Crippen LogP contribution is -2.54. The minimum atomic E-state index is -0.971. The molecule has 0 saturated carbocycles. The summed E-state index contributed by atoms with van der Waals surface area (Å²) in [5, 5.41) is 11.7. The molecule has 9 amide bonds. The lowest BCUT2D eigenvalue weighted by atomic mass is 9.83. The van der Waals surface area contributed by atoms with Crippen LogP contribution in [0.15, 0.2) is 90.4 Å². The van der Waals surface area contributed by atoms with E-state index in [1.165, 1.54) is 30.4 Å². The van der Waals surface area contributed by atoms with Crippen molar-refractivity contribution in [3.8, 4) is 0 Å². The third-order valence-electron chi connectivity index (χ3n) is 20.7. The zero-order chi connectivity index (χ0) is 81.3. The number of hydrogen-bond donors (Lipinski definition) is 4. The van der Waals surface area contributed by atoms with E-state index in [9.17, 15) is 52.7 Å². The van der Waals surface area contributed by atoms with E-state index >= 15 is 0 Å². The van der Waals surface area contributed by atoms with Gasteiger partial charge in [0.1, 0.15) is 12.4 Å². The van der Waals surface area contributed by atoms with Crippen molar-refractivity contribution in [1.82, 2.24) is 35.4 Å². The number of likely N-dealkylation sites (tertiary alicyclic amines) is 1. The number of benzene rings is 3. The standard InChI is InChI=1S/C82H119N9O19S/c1-14-55(8)74(69(103-12)50-71(96)90-35-21-27-65(90)75(104-13)56(9)66(92)48-60(77-84-34-45-111-77)46-57-22-16-15-17-23-57)88(10)78(98)64(52(2)3)49-68(94)73(54(6)7)89(11)82(102)109-51-58-28-30-61(31-29-58)86-76(97)59(24-20-33-85-81(83)101)47-67(93)72(53(4)5)87-70(95)32-36-105-37-38-106-39-40-107-41-42-108-43-44-110-91-79(99)62-25-18-19-26-63(62)80(91)100/h15-19,22-23,25-26,28-31,34,45,52-56,59-60,64-65,69,72-75H,14,20-21,24,27,32-33,35-44,46-51H2,1-13H3,(H,86,97)(H,87,95)(H3,83,85,101)/t55-,56-,59+,60+,64-,65-,69+,72-,73-,74-,75?/m0/s1. The molecule has 0 aliphatic carbocycles. The van der Waals surface area contributed by atoms with Crippen LogP contribution < -0.4 is 21.7 Å². The van der Waals surface area contributed by atoms with Gasteiger partial charge in [-0.15, -0.1) is 16.4 Å². The van der Waals surface area contributed by atoms with Gasteiger partial charge in [-0.1, -0.05) is 123 Å². The minimum Gasteiger partial charge on any atom is -0.445 e. The highest BCUT2D eigenvalue weighted by Crippen LogP contribution is 2.35. The Morgan fingerprint density at radius 3 is 1.85 bits per heavy atom. The largest absolute Gasteiger partial charge is 0.445 e. The van der Waals surface area contributed by atoms with Crippen LogP contribution in [0.5, 0.6) is 0 Å². The number of rotatable bonds is 52. The molecule has 1 unspecified atom stereocenters. The molecule has 28 nitrogen and oxygen atoms in total. The number of nitrogens with one attached hydrogen (secondary N) is 3. The number of ketones is 3. The summed E-state index contributed by atoms with van der Waals surface area (Å²) in [6.45, 7) is 19.0. The molecule has 29 heteroatoms. The fourth-order valence-corrected chi connectivity index (χ4v) is 15.1. The van der Waals surface area contributed by atoms with Crippen molar-refractivity contribution in [2.24, 2.45) is 47.2 Å². The maximum absolute atomic E-state index is 15.0. The molecule has 2 aliphatic rings. The van der Waals surface area contributed by atoms with Crippen LogP contribution in [0.2, 0.25) is 0 Å². The number of primary amides is 1. The lowest BCUT2D eigenvalue weighted by molar-refractivity contribution is -0.149. The quantitative estimate of drug-likeness (QED) is 0.0236. The summed E-state index contributed by atoms with van der Waals surface area (Å²) in [4.78, 5) is 164. The summed E-state index contributed by atoms with van der Waals surface area (Å²) in [5.74, 6) is -6.54. The van der Waals surface area contributed by atoms with Crippen molar-refractivity contribution in [3.63, 3.8) is 0 Å². The van der Waals surface area contributed by atoms with E-state index in [0.717, 1.165) is 22.1 Å². The van der Waals surface area contributed by atoms with Gasteiger partial charge < -0.3 is 69.5 Å². The zero-order valence-electron chi connectivity index (χ0n) is 67.0. The minimum absolute atomic E-state index is 0.00203. The molecule has 612 valence electrons. The monoisotopic (exact) mass is 1570 g/mol. The Balaban J connectivity index is 0.948. The Kier molecular flexibility index (Phi) is 38.9. The van der Waals surface area contributed by atoms with Crippen molar-refractivity contribution in [2.75, 3.05) is 106 Å². The zero-order valence-corrected chi connectivity index (χ0v) is 67.8. The molecule has 0 radical (unpaired) electrons. The fourth-order valence-electron chi connectivity index (χ4n) is 14.4. The summed E-state index contributed by atoms with van der Waals surface area (Å²) in [6, 6.07) is 19.5. The van der Waals surface area contributed by atoms with E-state index in [-0.39, 0.29) is 176 Å². The van der Waals surface area contributed by atoms with Gasteiger partial charge in [0.05, 0.1) is 118 Å². The number of methoxy groups -OCH3 is 2. The van der Waals surface area contributed by atoms with Crippen LogP contribution >= 0.6 is 11.3 Å². The van der Waals surface area contributed by atoms with Crippen molar-refractivity contribution >= 4 is 81.9 Å². The lowest BCUT2D eigenvalue weighted by Gasteiger charge is -2.41. The number of hydroxylamine groups is 2. The molecule has 6 rings (SSSR count). The van der Waals surface area contributed by atoms with Crippen LogP contribution in [0.4, 0.5) is 15.3 Å². The van der Waals surface area contributed by atoms with Gasteiger partial charge in [-0.05, 0) is 91.2 Å². The number of nitrogens with zero attached hydrogens (tertiary/aromatic N) is 5. The van der Waals surface area contributed by atoms with Gasteiger partial charge in [-0.25, -0.2) is 14.6 Å². The van der Waals surface area contributed by atoms with Crippen LogP contribution in [0.1, 0.15) is 169 Å². The number of ether oxygens (including phenoxy) is 7. The van der Waals surface area contributed by atoms with Gasteiger partial charge in [0, 0.05) is 108 Å². The molecular weight excluding hydrogens is 1450 g/mol. The Bertz CT molecular complexity index is 3590. The van der Waals surface area contributed by atoms with Gasteiger partial charge in [-0.3, -0.25) is 48.0 Å². The number of anilines is 1. The van der Waals surface area contributed by atoms with E-state index in [0.29, 0.717) is 54.6 Å². The number of likely N-dealkylation sites (N-methyl/N-ethyl adjacent to an activating group) is 2. The number of nitrogens with two attached hydrogens (primary N) is 1.